The van der Waals surface area contributed by atoms with Crippen LogP contribution in [0.4, 0.5) is 5.82 Å². The van der Waals surface area contributed by atoms with E-state index in [0.717, 1.165) is 17.9 Å². The van der Waals surface area contributed by atoms with Gasteiger partial charge in [0.15, 0.2) is 5.96 Å². The number of aliphatic imine (C=N–C) groups is 1. The monoisotopic (exact) mass is 492 g/mol. The Bertz CT molecular complexity index is 581. The van der Waals surface area contributed by atoms with Crippen molar-refractivity contribution in [3.63, 3.8) is 0 Å². The highest BCUT2D eigenvalue weighted by atomic mass is 127. The number of nitrogens with one attached hydrogen (secondary N) is 2. The number of ether oxygens (including phenoxy) is 1. The van der Waals surface area contributed by atoms with Gasteiger partial charge in [-0.2, -0.15) is 0 Å². The number of aromatic nitrogens is 1. The Morgan fingerprint density at radius 2 is 1.96 bits per heavy atom. The summed E-state index contributed by atoms with van der Waals surface area (Å²) in [6, 6.07) is 5.85. The number of pyridine rings is 1. The highest BCUT2D eigenvalue weighted by Crippen LogP contribution is 2.08. The van der Waals surface area contributed by atoms with E-state index in [2.05, 4.69) is 20.6 Å². The highest BCUT2D eigenvalue weighted by Gasteiger charge is 2.06. The molecule has 1 aromatic rings. The minimum atomic E-state index is -0.0125. The van der Waals surface area contributed by atoms with Gasteiger partial charge in [-0.15, -0.1) is 24.0 Å². The Balaban J connectivity index is 0.00000676. The largest absolute Gasteiger partial charge is 0.382 e. The number of rotatable bonds is 10. The van der Waals surface area contributed by atoms with E-state index < -0.39 is 0 Å². The van der Waals surface area contributed by atoms with Gasteiger partial charge >= 0.3 is 0 Å². The molecule has 1 amide bonds. The molecule has 0 aliphatic carbocycles. The Morgan fingerprint density at radius 1 is 1.22 bits per heavy atom. The van der Waals surface area contributed by atoms with E-state index in [0.29, 0.717) is 32.3 Å². The van der Waals surface area contributed by atoms with Crippen LogP contribution in [0, 0.1) is 0 Å². The molecular weight excluding hydrogens is 459 g/mol. The number of likely N-dealkylation sites (N-methyl/N-ethyl adjacent to an activating group) is 1. The number of anilines is 1. The van der Waals surface area contributed by atoms with Gasteiger partial charge in [0.25, 0.3) is 0 Å². The molecule has 0 atom stereocenters. The molecule has 0 saturated carbocycles. The van der Waals surface area contributed by atoms with Crippen molar-refractivity contribution in [2.75, 3.05) is 59.4 Å². The molecule has 1 aromatic heterocycles. The number of amides is 1. The van der Waals surface area contributed by atoms with Crippen molar-refractivity contribution in [2.24, 2.45) is 4.99 Å². The standard InChI is InChI=1S/C18H32N6O2.HI/c1-6-26-12-8-11-19-18(21-14-17(25)24(4)5)20-13-15-9-7-10-16(22-15)23(2)3;/h7,9-10H,6,8,11-14H2,1-5H3,(H2,19,20,21);1H. The van der Waals surface area contributed by atoms with Gasteiger partial charge in [-0.3, -0.25) is 4.79 Å². The van der Waals surface area contributed by atoms with Crippen LogP contribution in [0.3, 0.4) is 0 Å². The second kappa shape index (κ2) is 14.4. The van der Waals surface area contributed by atoms with E-state index in [4.69, 9.17) is 4.74 Å². The first-order valence-corrected chi connectivity index (χ1v) is 8.87. The molecule has 0 aliphatic heterocycles. The van der Waals surface area contributed by atoms with Crippen molar-refractivity contribution in [1.29, 1.82) is 0 Å². The minimum absolute atomic E-state index is 0. The summed E-state index contributed by atoms with van der Waals surface area (Å²) in [6.45, 7) is 4.72. The van der Waals surface area contributed by atoms with Gasteiger partial charge in [0.05, 0.1) is 18.8 Å². The van der Waals surface area contributed by atoms with Crippen LogP contribution in [0.1, 0.15) is 19.0 Å². The van der Waals surface area contributed by atoms with Gasteiger partial charge in [0.2, 0.25) is 5.91 Å². The quantitative estimate of drug-likeness (QED) is 0.222. The fourth-order valence-electron chi connectivity index (χ4n) is 1.98. The minimum Gasteiger partial charge on any atom is -0.382 e. The Kier molecular flexibility index (Phi) is 13.6. The first kappa shape index (κ1) is 25.4. The van der Waals surface area contributed by atoms with Crippen LogP contribution >= 0.6 is 24.0 Å². The molecule has 0 bridgehead atoms. The van der Waals surface area contributed by atoms with Gasteiger partial charge in [-0.1, -0.05) is 6.07 Å². The van der Waals surface area contributed by atoms with Crippen LogP contribution in [-0.4, -0.2) is 76.2 Å². The zero-order valence-electron chi connectivity index (χ0n) is 17.0. The van der Waals surface area contributed by atoms with Crippen LogP contribution in [0.15, 0.2) is 23.2 Å². The molecule has 27 heavy (non-hydrogen) atoms. The average molecular weight is 492 g/mol. The predicted octanol–water partition coefficient (Wildman–Crippen LogP) is 1.32. The maximum atomic E-state index is 11.8. The number of halogens is 1. The molecule has 9 heteroatoms. The first-order chi connectivity index (χ1) is 12.4. The van der Waals surface area contributed by atoms with Crippen molar-refractivity contribution in [3.05, 3.63) is 23.9 Å². The molecule has 1 rings (SSSR count). The molecule has 0 unspecified atom stereocenters. The number of carbonyl (C=O) groups is 1. The summed E-state index contributed by atoms with van der Waals surface area (Å²) < 4.78 is 5.33. The van der Waals surface area contributed by atoms with Crippen LogP contribution in [0.2, 0.25) is 0 Å². The predicted molar refractivity (Wildman–Crippen MR) is 121 cm³/mol. The van der Waals surface area contributed by atoms with Crippen molar-refractivity contribution in [2.45, 2.75) is 19.9 Å². The van der Waals surface area contributed by atoms with Crippen LogP contribution in [-0.2, 0) is 16.1 Å². The van der Waals surface area contributed by atoms with E-state index in [9.17, 15) is 4.79 Å². The van der Waals surface area contributed by atoms with Crippen LogP contribution < -0.4 is 15.5 Å². The van der Waals surface area contributed by atoms with Gasteiger partial charge in [0, 0.05) is 47.9 Å². The molecule has 154 valence electrons. The van der Waals surface area contributed by atoms with Crippen molar-refractivity contribution < 1.29 is 9.53 Å². The molecule has 0 aromatic carbocycles. The molecule has 1 heterocycles. The van der Waals surface area contributed by atoms with Crippen molar-refractivity contribution >= 4 is 41.7 Å². The fraction of sp³-hybridized carbons (Fsp3) is 0.611. The highest BCUT2D eigenvalue weighted by molar-refractivity contribution is 14.0. The van der Waals surface area contributed by atoms with Gasteiger partial charge in [-0.05, 0) is 25.5 Å². The Hall–Kier alpha value is -1.62. The molecular formula is C18H33IN6O2. The molecule has 0 fully saturated rings. The summed E-state index contributed by atoms with van der Waals surface area (Å²) in [4.78, 5) is 24.4. The second-order valence-corrected chi connectivity index (χ2v) is 6.17. The zero-order chi connectivity index (χ0) is 19.4. The topological polar surface area (TPSA) is 82.1 Å². The third-order valence-electron chi connectivity index (χ3n) is 3.52. The maximum absolute atomic E-state index is 11.8. The lowest BCUT2D eigenvalue weighted by Crippen LogP contribution is -2.43. The lowest BCUT2D eigenvalue weighted by Gasteiger charge is -2.15. The molecule has 0 saturated heterocycles. The third-order valence-corrected chi connectivity index (χ3v) is 3.52. The van der Waals surface area contributed by atoms with Gasteiger partial charge < -0.3 is 25.2 Å². The summed E-state index contributed by atoms with van der Waals surface area (Å²) in [6.07, 6.45) is 0.866. The maximum Gasteiger partial charge on any atom is 0.241 e. The summed E-state index contributed by atoms with van der Waals surface area (Å²) in [5.74, 6) is 1.47. The van der Waals surface area contributed by atoms with Crippen LogP contribution in [0.5, 0.6) is 0 Å². The van der Waals surface area contributed by atoms with E-state index in [1.807, 2.05) is 44.1 Å². The average Bonchev–Trinajstić information content (AvgIpc) is 2.62. The van der Waals surface area contributed by atoms with Crippen molar-refractivity contribution in [3.8, 4) is 0 Å². The Labute approximate surface area is 179 Å². The molecule has 8 nitrogen and oxygen atoms in total. The molecule has 0 aliphatic rings. The van der Waals surface area contributed by atoms with Gasteiger partial charge in [-0.25, -0.2) is 9.98 Å². The van der Waals surface area contributed by atoms with Gasteiger partial charge in [0.1, 0.15) is 5.82 Å². The smallest absolute Gasteiger partial charge is 0.241 e. The van der Waals surface area contributed by atoms with E-state index in [1.165, 1.54) is 0 Å². The number of carbonyl (C=O) groups excluding carboxylic acids is 1. The van der Waals surface area contributed by atoms with E-state index in [1.54, 1.807) is 19.0 Å². The molecule has 0 spiro atoms. The lowest BCUT2D eigenvalue weighted by molar-refractivity contribution is -0.127. The summed E-state index contributed by atoms with van der Waals surface area (Å²) >= 11 is 0. The van der Waals surface area contributed by atoms with Crippen molar-refractivity contribution in [1.82, 2.24) is 20.5 Å². The lowest BCUT2D eigenvalue weighted by atomic mass is 10.3. The first-order valence-electron chi connectivity index (χ1n) is 8.87. The second-order valence-electron chi connectivity index (χ2n) is 6.17. The molecule has 2 N–H and O–H groups in total. The zero-order valence-corrected chi connectivity index (χ0v) is 19.3. The summed E-state index contributed by atoms with van der Waals surface area (Å²) in [5.41, 5.74) is 0.866. The third kappa shape index (κ3) is 11.0. The number of hydrogen-bond acceptors (Lipinski definition) is 5. The number of hydrogen-bond donors (Lipinski definition) is 2. The van der Waals surface area contributed by atoms with Crippen LogP contribution in [0.25, 0.3) is 0 Å². The SMILES string of the molecule is CCOCCCNC(=NCc1cccc(N(C)C)n1)NCC(=O)N(C)C.I. The fourth-order valence-corrected chi connectivity index (χ4v) is 1.98. The van der Waals surface area contributed by atoms with E-state index >= 15 is 0 Å². The Morgan fingerprint density at radius 3 is 2.59 bits per heavy atom. The number of nitrogens with zero attached hydrogens (tertiary/aromatic N) is 4. The summed E-state index contributed by atoms with van der Waals surface area (Å²) in [7, 11) is 7.37. The summed E-state index contributed by atoms with van der Waals surface area (Å²) in [5, 5.41) is 6.30. The molecule has 0 radical (unpaired) electrons. The normalized spacial score (nSPS) is 10.8. The van der Waals surface area contributed by atoms with E-state index in [-0.39, 0.29) is 36.4 Å². The number of guanidine groups is 1.